The van der Waals surface area contributed by atoms with Crippen molar-refractivity contribution in [3.05, 3.63) is 36.0 Å². The van der Waals surface area contributed by atoms with Crippen molar-refractivity contribution in [1.82, 2.24) is 9.78 Å². The normalized spacial score (nSPS) is 11.5. The largest absolute Gasteiger partial charge is 0.381 e. The van der Waals surface area contributed by atoms with Gasteiger partial charge in [-0.2, -0.15) is 5.10 Å². The summed E-state index contributed by atoms with van der Waals surface area (Å²) in [6.07, 6.45) is 3.41. The minimum absolute atomic E-state index is 0.0115. The number of anilines is 2. The molecule has 0 saturated heterocycles. The van der Waals surface area contributed by atoms with Crippen LogP contribution in [0.15, 0.2) is 35.4 Å². The summed E-state index contributed by atoms with van der Waals surface area (Å²) in [5.74, 6) is -0.0115. The van der Waals surface area contributed by atoms with Crippen LogP contribution in [0.5, 0.6) is 0 Å². The van der Waals surface area contributed by atoms with Crippen LogP contribution in [-0.2, 0) is 23.5 Å². The van der Waals surface area contributed by atoms with Crippen LogP contribution in [0.25, 0.3) is 0 Å². The van der Waals surface area contributed by atoms with E-state index in [4.69, 9.17) is 5.73 Å². The number of nitrogens with one attached hydrogen (secondary N) is 1. The molecule has 7 heteroatoms. The number of hydrogen-bond acceptors (Lipinski definition) is 4. The van der Waals surface area contributed by atoms with Gasteiger partial charge in [0.1, 0.15) is 4.90 Å². The van der Waals surface area contributed by atoms with Gasteiger partial charge in [0, 0.05) is 18.9 Å². The predicted molar refractivity (Wildman–Crippen MR) is 78.9 cm³/mol. The first-order chi connectivity index (χ1) is 9.42. The molecule has 0 spiro atoms. The molecule has 6 nitrogen and oxygen atoms in total. The van der Waals surface area contributed by atoms with E-state index in [1.165, 1.54) is 16.4 Å². The topological polar surface area (TPSA) is 90.0 Å². The van der Waals surface area contributed by atoms with Crippen LogP contribution in [0.3, 0.4) is 0 Å². The predicted octanol–water partition coefficient (Wildman–Crippen LogP) is 1.76. The molecule has 0 aliphatic carbocycles. The summed E-state index contributed by atoms with van der Waals surface area (Å²) in [7, 11) is -2.09. The van der Waals surface area contributed by atoms with E-state index < -0.39 is 10.0 Å². The molecule has 0 atom stereocenters. The minimum Gasteiger partial charge on any atom is -0.381 e. The Morgan fingerprint density at radius 2 is 1.95 bits per heavy atom. The van der Waals surface area contributed by atoms with E-state index in [2.05, 4.69) is 16.7 Å². The van der Waals surface area contributed by atoms with Crippen molar-refractivity contribution in [3.8, 4) is 0 Å². The lowest BCUT2D eigenvalue weighted by atomic mass is 10.1. The minimum atomic E-state index is -3.71. The zero-order chi connectivity index (χ0) is 14.8. The van der Waals surface area contributed by atoms with E-state index in [9.17, 15) is 8.42 Å². The van der Waals surface area contributed by atoms with Gasteiger partial charge < -0.3 is 5.73 Å². The van der Waals surface area contributed by atoms with Crippen LogP contribution >= 0.6 is 0 Å². The quantitative estimate of drug-likeness (QED) is 0.879. The lowest BCUT2D eigenvalue weighted by Crippen LogP contribution is -2.13. The number of nitrogen functional groups attached to an aromatic ring is 1. The summed E-state index contributed by atoms with van der Waals surface area (Å²) >= 11 is 0. The Hall–Kier alpha value is -2.02. The Balaban J connectivity index is 2.22. The van der Waals surface area contributed by atoms with Crippen molar-refractivity contribution >= 4 is 21.5 Å². The lowest BCUT2D eigenvalue weighted by Gasteiger charge is -2.07. The van der Waals surface area contributed by atoms with Gasteiger partial charge in [0.2, 0.25) is 0 Å². The van der Waals surface area contributed by atoms with Gasteiger partial charge in [-0.25, -0.2) is 8.42 Å². The zero-order valence-corrected chi connectivity index (χ0v) is 12.3. The van der Waals surface area contributed by atoms with Crippen LogP contribution in [-0.4, -0.2) is 18.2 Å². The highest BCUT2D eigenvalue weighted by Gasteiger charge is 2.20. The van der Waals surface area contributed by atoms with Crippen LogP contribution in [0, 0.1) is 0 Å². The Bertz CT molecular complexity index is 690. The molecular weight excluding hydrogens is 276 g/mol. The van der Waals surface area contributed by atoms with Crippen molar-refractivity contribution in [2.45, 2.75) is 24.7 Å². The highest BCUT2D eigenvalue weighted by Crippen LogP contribution is 2.20. The zero-order valence-electron chi connectivity index (χ0n) is 11.5. The summed E-state index contributed by atoms with van der Waals surface area (Å²) in [5, 5.41) is 3.83. The molecule has 1 aromatic carbocycles. The maximum absolute atomic E-state index is 12.2. The van der Waals surface area contributed by atoms with Crippen LogP contribution in [0.4, 0.5) is 11.5 Å². The molecule has 0 amide bonds. The van der Waals surface area contributed by atoms with E-state index in [0.717, 1.165) is 12.8 Å². The highest BCUT2D eigenvalue weighted by atomic mass is 32.2. The van der Waals surface area contributed by atoms with Crippen molar-refractivity contribution in [2.75, 3.05) is 10.5 Å². The van der Waals surface area contributed by atoms with Gasteiger partial charge in [0.15, 0.2) is 5.82 Å². The van der Waals surface area contributed by atoms with Gasteiger partial charge in [-0.15, -0.1) is 0 Å². The summed E-state index contributed by atoms with van der Waals surface area (Å²) in [5.41, 5.74) is 7.28. The number of nitrogens with zero attached hydrogens (tertiary/aromatic N) is 2. The van der Waals surface area contributed by atoms with Crippen molar-refractivity contribution < 1.29 is 8.42 Å². The van der Waals surface area contributed by atoms with Gasteiger partial charge in [0.05, 0.1) is 0 Å². The first kappa shape index (κ1) is 14.4. The highest BCUT2D eigenvalue weighted by molar-refractivity contribution is 7.92. The molecular formula is C13H18N4O2S. The standard InChI is InChI=1S/C13H18N4O2S/c1-3-4-10-5-7-11(8-6-10)16-20(18,19)12-9-17(2)15-13(12)14/h5-9,16H,3-4H2,1-2H3,(H2,14,15). The second-order valence-electron chi connectivity index (χ2n) is 4.60. The number of rotatable bonds is 5. The van der Waals surface area contributed by atoms with Crippen LogP contribution < -0.4 is 10.5 Å². The van der Waals surface area contributed by atoms with Gasteiger partial charge in [-0.3, -0.25) is 9.40 Å². The Kier molecular flexibility index (Phi) is 3.99. The monoisotopic (exact) mass is 294 g/mol. The molecule has 0 saturated carbocycles. The maximum Gasteiger partial charge on any atom is 0.267 e. The number of nitrogens with two attached hydrogens (primary N) is 1. The third kappa shape index (κ3) is 3.11. The fraction of sp³-hybridized carbons (Fsp3) is 0.308. The number of benzene rings is 1. The molecule has 0 aliphatic heterocycles. The summed E-state index contributed by atoms with van der Waals surface area (Å²) in [6, 6.07) is 7.31. The molecule has 20 heavy (non-hydrogen) atoms. The molecule has 0 aliphatic rings. The average molecular weight is 294 g/mol. The third-order valence-corrected chi connectivity index (χ3v) is 4.25. The van der Waals surface area contributed by atoms with Crippen molar-refractivity contribution in [3.63, 3.8) is 0 Å². The van der Waals surface area contributed by atoms with E-state index in [1.54, 1.807) is 19.2 Å². The fourth-order valence-electron chi connectivity index (χ4n) is 1.93. The van der Waals surface area contributed by atoms with Crippen LogP contribution in [0.2, 0.25) is 0 Å². The number of hydrogen-bond donors (Lipinski definition) is 2. The SMILES string of the molecule is CCCc1ccc(NS(=O)(=O)c2cn(C)nc2N)cc1. The Morgan fingerprint density at radius 1 is 1.30 bits per heavy atom. The molecule has 0 unspecified atom stereocenters. The molecule has 108 valence electrons. The van der Waals surface area contributed by atoms with Crippen molar-refractivity contribution in [2.24, 2.45) is 7.05 Å². The number of sulfonamides is 1. The molecule has 0 fully saturated rings. The first-order valence-corrected chi connectivity index (χ1v) is 7.81. The Labute approximate surface area is 118 Å². The fourth-order valence-corrected chi connectivity index (χ4v) is 3.09. The molecule has 0 radical (unpaired) electrons. The maximum atomic E-state index is 12.2. The average Bonchev–Trinajstić information content (AvgIpc) is 2.72. The summed E-state index contributed by atoms with van der Waals surface area (Å²) in [6.45, 7) is 2.10. The lowest BCUT2D eigenvalue weighted by molar-refractivity contribution is 0.601. The smallest absolute Gasteiger partial charge is 0.267 e. The summed E-state index contributed by atoms with van der Waals surface area (Å²) < 4.78 is 28.3. The van der Waals surface area contributed by atoms with Gasteiger partial charge in [-0.05, 0) is 24.1 Å². The Morgan fingerprint density at radius 3 is 2.45 bits per heavy atom. The van der Waals surface area contributed by atoms with Crippen LogP contribution in [0.1, 0.15) is 18.9 Å². The second-order valence-corrected chi connectivity index (χ2v) is 6.26. The first-order valence-electron chi connectivity index (χ1n) is 6.33. The van der Waals surface area contributed by atoms with E-state index in [1.807, 2.05) is 12.1 Å². The second kappa shape index (κ2) is 5.54. The summed E-state index contributed by atoms with van der Waals surface area (Å²) in [4.78, 5) is -0.0161. The van der Waals surface area contributed by atoms with Gasteiger partial charge in [0.25, 0.3) is 10.0 Å². The molecule has 1 heterocycles. The molecule has 0 bridgehead atoms. The number of aromatic nitrogens is 2. The van der Waals surface area contributed by atoms with E-state index in [-0.39, 0.29) is 10.7 Å². The molecule has 2 rings (SSSR count). The van der Waals surface area contributed by atoms with E-state index in [0.29, 0.717) is 5.69 Å². The molecule has 1 aromatic heterocycles. The van der Waals surface area contributed by atoms with E-state index >= 15 is 0 Å². The van der Waals surface area contributed by atoms with Gasteiger partial charge in [-0.1, -0.05) is 25.5 Å². The molecule has 2 aromatic rings. The molecule has 3 N–H and O–H groups in total. The van der Waals surface area contributed by atoms with Gasteiger partial charge >= 0.3 is 0 Å². The van der Waals surface area contributed by atoms with Crippen molar-refractivity contribution in [1.29, 1.82) is 0 Å². The number of aryl methyl sites for hydroxylation is 2. The third-order valence-electron chi connectivity index (χ3n) is 2.86.